The molecule has 4 nitrogen and oxygen atoms in total. The maximum absolute atomic E-state index is 13.2. The quantitative estimate of drug-likeness (QED) is 0.870. The molecule has 1 atom stereocenters. The van der Waals surface area contributed by atoms with Crippen molar-refractivity contribution in [1.82, 2.24) is 20.1 Å². The van der Waals surface area contributed by atoms with Crippen molar-refractivity contribution in [1.29, 1.82) is 0 Å². The molecule has 0 radical (unpaired) electrons. The molecular weight excluding hydrogens is 243 g/mol. The zero-order valence-corrected chi connectivity index (χ0v) is 11.3. The third-order valence-corrected chi connectivity index (χ3v) is 3.20. The van der Waals surface area contributed by atoms with Gasteiger partial charge in [0.15, 0.2) is 0 Å². The lowest BCUT2D eigenvalue weighted by Gasteiger charge is -2.17. The zero-order chi connectivity index (χ0) is 13.7. The second-order valence-corrected chi connectivity index (χ2v) is 4.43. The van der Waals surface area contributed by atoms with E-state index in [1.54, 1.807) is 18.5 Å². The fourth-order valence-electron chi connectivity index (χ4n) is 2.12. The van der Waals surface area contributed by atoms with E-state index in [0.717, 1.165) is 24.4 Å². The van der Waals surface area contributed by atoms with Gasteiger partial charge in [0.05, 0.1) is 6.54 Å². The maximum Gasteiger partial charge on any atom is 0.146 e. The van der Waals surface area contributed by atoms with E-state index in [1.807, 2.05) is 10.6 Å². The van der Waals surface area contributed by atoms with Crippen molar-refractivity contribution >= 4 is 0 Å². The van der Waals surface area contributed by atoms with Crippen molar-refractivity contribution in [3.05, 3.63) is 47.8 Å². The van der Waals surface area contributed by atoms with Crippen molar-refractivity contribution in [2.45, 2.75) is 39.4 Å². The van der Waals surface area contributed by atoms with E-state index in [-0.39, 0.29) is 11.9 Å². The van der Waals surface area contributed by atoms with Crippen LogP contribution in [0.3, 0.4) is 0 Å². The number of hydrogen-bond acceptors (Lipinski definition) is 3. The fourth-order valence-corrected chi connectivity index (χ4v) is 2.12. The third kappa shape index (κ3) is 3.38. The van der Waals surface area contributed by atoms with Crippen molar-refractivity contribution < 1.29 is 4.39 Å². The number of aromatic nitrogens is 3. The molecule has 1 N–H and O–H groups in total. The normalized spacial score (nSPS) is 12.6. The van der Waals surface area contributed by atoms with Crippen LogP contribution in [0.25, 0.3) is 0 Å². The average Bonchev–Trinajstić information content (AvgIpc) is 2.87. The molecule has 0 aliphatic carbocycles. The van der Waals surface area contributed by atoms with Crippen LogP contribution in [0.1, 0.15) is 37.7 Å². The van der Waals surface area contributed by atoms with Crippen LogP contribution in [0.15, 0.2) is 30.6 Å². The Morgan fingerprint density at radius 3 is 2.89 bits per heavy atom. The fraction of sp³-hybridized carbons (Fsp3) is 0.429. The summed E-state index contributed by atoms with van der Waals surface area (Å²) in [5, 5.41) is 11.4. The molecule has 5 heteroatoms. The highest BCUT2D eigenvalue weighted by atomic mass is 19.1. The van der Waals surface area contributed by atoms with Gasteiger partial charge >= 0.3 is 0 Å². The molecule has 0 bridgehead atoms. The highest BCUT2D eigenvalue weighted by molar-refractivity contribution is 5.20. The van der Waals surface area contributed by atoms with Crippen LogP contribution < -0.4 is 5.32 Å². The highest BCUT2D eigenvalue weighted by Gasteiger charge is 2.11. The number of nitrogens with one attached hydrogen (secondary N) is 1. The summed E-state index contributed by atoms with van der Waals surface area (Å²) in [5.74, 6) is 0.701. The molecule has 1 unspecified atom stereocenters. The first kappa shape index (κ1) is 13.7. The molecule has 1 heterocycles. The Labute approximate surface area is 112 Å². The molecule has 0 aliphatic heterocycles. The topological polar surface area (TPSA) is 42.7 Å². The second kappa shape index (κ2) is 6.43. The van der Waals surface area contributed by atoms with Crippen molar-refractivity contribution in [2.24, 2.45) is 0 Å². The van der Waals surface area contributed by atoms with Crippen LogP contribution in [0, 0.1) is 5.82 Å². The average molecular weight is 262 g/mol. The molecule has 0 spiro atoms. The SMILES string of the molecule is CCC(NCc1nncn1CC)c1cccc(F)c1. The van der Waals surface area contributed by atoms with Crippen LogP contribution in [0.2, 0.25) is 0 Å². The standard InChI is InChI=1S/C14H19FN4/c1-3-13(11-6-5-7-12(15)8-11)16-9-14-18-17-10-19(14)4-2/h5-8,10,13,16H,3-4,9H2,1-2H3. The van der Waals surface area contributed by atoms with Crippen LogP contribution in [0.5, 0.6) is 0 Å². The molecular formula is C14H19FN4. The van der Waals surface area contributed by atoms with E-state index < -0.39 is 0 Å². The summed E-state index contributed by atoms with van der Waals surface area (Å²) >= 11 is 0. The summed E-state index contributed by atoms with van der Waals surface area (Å²) in [7, 11) is 0. The molecule has 0 fully saturated rings. The predicted molar refractivity (Wildman–Crippen MR) is 72.0 cm³/mol. The second-order valence-electron chi connectivity index (χ2n) is 4.43. The first-order valence-corrected chi connectivity index (χ1v) is 6.60. The van der Waals surface area contributed by atoms with Crippen LogP contribution in [0.4, 0.5) is 4.39 Å². The van der Waals surface area contributed by atoms with Crippen LogP contribution in [-0.4, -0.2) is 14.8 Å². The Morgan fingerprint density at radius 1 is 1.37 bits per heavy atom. The molecule has 1 aromatic carbocycles. The van der Waals surface area contributed by atoms with E-state index in [0.29, 0.717) is 6.54 Å². The van der Waals surface area contributed by atoms with Gasteiger partial charge in [-0.05, 0) is 31.0 Å². The van der Waals surface area contributed by atoms with Gasteiger partial charge in [-0.15, -0.1) is 10.2 Å². The molecule has 1 aromatic heterocycles. The van der Waals surface area contributed by atoms with Gasteiger partial charge < -0.3 is 9.88 Å². The van der Waals surface area contributed by atoms with Crippen molar-refractivity contribution in [3.8, 4) is 0 Å². The van der Waals surface area contributed by atoms with E-state index in [4.69, 9.17) is 0 Å². The minimum atomic E-state index is -0.200. The molecule has 19 heavy (non-hydrogen) atoms. The lowest BCUT2D eigenvalue weighted by Crippen LogP contribution is -2.22. The minimum Gasteiger partial charge on any atom is -0.317 e. The van der Waals surface area contributed by atoms with E-state index in [9.17, 15) is 4.39 Å². The molecule has 2 aromatic rings. The van der Waals surface area contributed by atoms with Gasteiger partial charge in [-0.2, -0.15) is 0 Å². The Morgan fingerprint density at radius 2 is 2.21 bits per heavy atom. The number of aryl methyl sites for hydroxylation is 1. The number of hydrogen-bond donors (Lipinski definition) is 1. The summed E-state index contributed by atoms with van der Waals surface area (Å²) in [6, 6.07) is 6.84. The summed E-state index contributed by atoms with van der Waals surface area (Å²) in [4.78, 5) is 0. The molecule has 0 saturated heterocycles. The Bertz CT molecular complexity index is 524. The van der Waals surface area contributed by atoms with Crippen molar-refractivity contribution in [2.75, 3.05) is 0 Å². The van der Waals surface area contributed by atoms with Gasteiger partial charge in [-0.1, -0.05) is 19.1 Å². The Kier molecular flexibility index (Phi) is 4.63. The summed E-state index contributed by atoms with van der Waals surface area (Å²) in [6.07, 6.45) is 2.61. The zero-order valence-electron chi connectivity index (χ0n) is 11.3. The van der Waals surface area contributed by atoms with Crippen LogP contribution >= 0.6 is 0 Å². The molecule has 2 rings (SSSR count). The van der Waals surface area contributed by atoms with E-state index in [2.05, 4.69) is 29.4 Å². The number of nitrogens with zero attached hydrogens (tertiary/aromatic N) is 3. The first-order valence-electron chi connectivity index (χ1n) is 6.60. The largest absolute Gasteiger partial charge is 0.317 e. The number of benzene rings is 1. The first-order chi connectivity index (χ1) is 9.24. The smallest absolute Gasteiger partial charge is 0.146 e. The summed E-state index contributed by atoms with van der Waals surface area (Å²) in [6.45, 7) is 5.60. The van der Waals surface area contributed by atoms with Crippen molar-refractivity contribution in [3.63, 3.8) is 0 Å². The minimum absolute atomic E-state index is 0.123. The lowest BCUT2D eigenvalue weighted by molar-refractivity contribution is 0.493. The highest BCUT2D eigenvalue weighted by Crippen LogP contribution is 2.17. The van der Waals surface area contributed by atoms with Gasteiger partial charge in [0.2, 0.25) is 0 Å². The Balaban J connectivity index is 2.04. The molecule has 0 aliphatic rings. The third-order valence-electron chi connectivity index (χ3n) is 3.20. The lowest BCUT2D eigenvalue weighted by atomic mass is 10.0. The number of rotatable bonds is 6. The number of halogens is 1. The summed E-state index contributed by atoms with van der Waals surface area (Å²) in [5.41, 5.74) is 0.963. The van der Waals surface area contributed by atoms with Crippen LogP contribution in [-0.2, 0) is 13.1 Å². The predicted octanol–water partition coefficient (Wildman–Crippen LogP) is 2.68. The maximum atomic E-state index is 13.2. The monoisotopic (exact) mass is 262 g/mol. The molecule has 0 saturated carbocycles. The van der Waals surface area contributed by atoms with Gasteiger partial charge in [0.1, 0.15) is 18.0 Å². The van der Waals surface area contributed by atoms with Gasteiger partial charge in [0, 0.05) is 12.6 Å². The van der Waals surface area contributed by atoms with Gasteiger partial charge in [-0.25, -0.2) is 4.39 Å². The summed E-state index contributed by atoms with van der Waals surface area (Å²) < 4.78 is 15.2. The Hall–Kier alpha value is -1.75. The molecule has 0 amide bonds. The van der Waals surface area contributed by atoms with Gasteiger partial charge in [-0.3, -0.25) is 0 Å². The van der Waals surface area contributed by atoms with E-state index >= 15 is 0 Å². The molecule has 102 valence electrons. The van der Waals surface area contributed by atoms with Gasteiger partial charge in [0.25, 0.3) is 0 Å². The van der Waals surface area contributed by atoms with E-state index in [1.165, 1.54) is 6.07 Å².